The quantitative estimate of drug-likeness (QED) is 0.800. The van der Waals surface area contributed by atoms with E-state index in [9.17, 15) is 4.79 Å². The van der Waals surface area contributed by atoms with Gasteiger partial charge in [0.15, 0.2) is 0 Å². The summed E-state index contributed by atoms with van der Waals surface area (Å²) in [5.41, 5.74) is 5.27. The van der Waals surface area contributed by atoms with Crippen molar-refractivity contribution in [2.45, 2.75) is 49.9 Å². The molecule has 2 aliphatic heterocycles. The van der Waals surface area contributed by atoms with Gasteiger partial charge in [-0.3, -0.25) is 4.79 Å². The van der Waals surface area contributed by atoms with E-state index in [2.05, 4.69) is 60.4 Å². The number of amides is 1. The lowest BCUT2D eigenvalue weighted by atomic mass is 9.69. The van der Waals surface area contributed by atoms with E-state index in [1.165, 1.54) is 16.7 Å². The molecule has 28 heavy (non-hydrogen) atoms. The molecule has 0 bridgehead atoms. The lowest BCUT2D eigenvalue weighted by Crippen LogP contribution is -2.52. The minimum absolute atomic E-state index is 0.252. The topological polar surface area (TPSA) is 23.6 Å². The molecule has 1 amide bonds. The summed E-state index contributed by atoms with van der Waals surface area (Å²) in [5, 5.41) is 0. The van der Waals surface area contributed by atoms with Crippen LogP contribution in [-0.2, 0) is 22.0 Å². The Kier molecular flexibility index (Phi) is 4.13. The van der Waals surface area contributed by atoms with Crippen LogP contribution >= 0.6 is 0 Å². The van der Waals surface area contributed by atoms with Crippen LogP contribution in [0.15, 0.2) is 48.5 Å². The molecule has 3 aliphatic rings. The van der Waals surface area contributed by atoms with Gasteiger partial charge < -0.3 is 9.80 Å². The molecule has 1 aliphatic carbocycles. The van der Waals surface area contributed by atoms with E-state index < -0.39 is 0 Å². The largest absolute Gasteiger partial charge is 0.314 e. The fraction of sp³-hybridized carbons (Fsp3) is 0.480. The van der Waals surface area contributed by atoms with Crippen molar-refractivity contribution < 1.29 is 4.79 Å². The van der Waals surface area contributed by atoms with Gasteiger partial charge in [-0.25, -0.2) is 0 Å². The van der Waals surface area contributed by atoms with Crippen molar-refractivity contribution in [3.8, 4) is 0 Å². The van der Waals surface area contributed by atoms with E-state index in [1.807, 2.05) is 11.9 Å². The lowest BCUT2D eigenvalue weighted by molar-refractivity contribution is -0.124. The highest BCUT2D eigenvalue weighted by atomic mass is 16.2. The van der Waals surface area contributed by atoms with Crippen molar-refractivity contribution in [1.82, 2.24) is 4.90 Å². The van der Waals surface area contributed by atoms with Gasteiger partial charge in [0.25, 0.3) is 0 Å². The van der Waals surface area contributed by atoms with Crippen LogP contribution in [0.5, 0.6) is 0 Å². The highest BCUT2D eigenvalue weighted by Gasteiger charge is 2.53. The number of piperidine rings is 1. The SMILES string of the molecule is CN1C(=O)C2(CN3CCC(C)(c4ccccc4)CC3)CCCc3cccc1c32. The predicted molar refractivity (Wildman–Crippen MR) is 114 cm³/mol. The van der Waals surface area contributed by atoms with Gasteiger partial charge in [-0.05, 0) is 73.4 Å². The zero-order chi connectivity index (χ0) is 19.4. The number of rotatable bonds is 3. The number of carbonyl (C=O) groups is 1. The maximum atomic E-state index is 13.4. The van der Waals surface area contributed by atoms with Crippen LogP contribution in [0.25, 0.3) is 0 Å². The summed E-state index contributed by atoms with van der Waals surface area (Å²) in [4.78, 5) is 17.9. The third kappa shape index (κ3) is 2.56. The van der Waals surface area contributed by atoms with E-state index in [-0.39, 0.29) is 10.8 Å². The Balaban J connectivity index is 1.40. The smallest absolute Gasteiger partial charge is 0.238 e. The summed E-state index contributed by atoms with van der Waals surface area (Å²) in [7, 11) is 1.96. The summed E-state index contributed by atoms with van der Waals surface area (Å²) in [6.45, 7) is 5.43. The van der Waals surface area contributed by atoms with E-state index >= 15 is 0 Å². The number of anilines is 1. The van der Waals surface area contributed by atoms with Crippen molar-refractivity contribution >= 4 is 11.6 Å². The Morgan fingerprint density at radius 3 is 2.46 bits per heavy atom. The summed E-state index contributed by atoms with van der Waals surface area (Å²) in [6.07, 6.45) is 5.54. The van der Waals surface area contributed by atoms with Crippen LogP contribution < -0.4 is 4.90 Å². The summed E-state index contributed by atoms with van der Waals surface area (Å²) < 4.78 is 0. The molecule has 1 saturated heterocycles. The number of carbonyl (C=O) groups excluding carboxylic acids is 1. The predicted octanol–water partition coefficient (Wildman–Crippen LogP) is 4.29. The molecule has 0 N–H and O–H groups in total. The van der Waals surface area contributed by atoms with Crippen molar-refractivity contribution in [1.29, 1.82) is 0 Å². The number of hydrogen-bond donors (Lipinski definition) is 0. The van der Waals surface area contributed by atoms with E-state index in [1.54, 1.807) is 0 Å². The van der Waals surface area contributed by atoms with E-state index in [4.69, 9.17) is 0 Å². The number of aryl methyl sites for hydroxylation is 1. The van der Waals surface area contributed by atoms with Gasteiger partial charge in [0.2, 0.25) is 5.91 Å². The molecule has 2 heterocycles. The number of likely N-dealkylation sites (N-methyl/N-ethyl adjacent to an activating group) is 1. The first-order valence-corrected chi connectivity index (χ1v) is 10.7. The average Bonchev–Trinajstić information content (AvgIpc) is 2.95. The zero-order valence-electron chi connectivity index (χ0n) is 17.1. The van der Waals surface area contributed by atoms with Gasteiger partial charge >= 0.3 is 0 Å². The van der Waals surface area contributed by atoms with Gasteiger partial charge in [0.05, 0.1) is 5.41 Å². The Morgan fingerprint density at radius 2 is 1.71 bits per heavy atom. The molecule has 1 fully saturated rings. The Bertz CT molecular complexity index is 898. The van der Waals surface area contributed by atoms with Gasteiger partial charge in [-0.1, -0.05) is 49.4 Å². The van der Waals surface area contributed by atoms with Crippen LogP contribution in [0.2, 0.25) is 0 Å². The third-order valence-corrected chi connectivity index (χ3v) is 7.66. The molecule has 1 unspecified atom stereocenters. The second-order valence-corrected chi connectivity index (χ2v) is 9.31. The molecule has 5 rings (SSSR count). The van der Waals surface area contributed by atoms with Gasteiger partial charge in [0.1, 0.15) is 0 Å². The summed E-state index contributed by atoms with van der Waals surface area (Å²) in [6, 6.07) is 17.4. The monoisotopic (exact) mass is 374 g/mol. The maximum Gasteiger partial charge on any atom is 0.238 e. The van der Waals surface area contributed by atoms with Gasteiger partial charge in [-0.15, -0.1) is 0 Å². The van der Waals surface area contributed by atoms with Gasteiger partial charge in [-0.2, -0.15) is 0 Å². The Labute approximate surface area is 168 Å². The summed E-state index contributed by atoms with van der Waals surface area (Å²) >= 11 is 0. The maximum absolute atomic E-state index is 13.4. The first-order valence-electron chi connectivity index (χ1n) is 10.7. The average molecular weight is 375 g/mol. The molecule has 0 spiro atoms. The number of likely N-dealkylation sites (tertiary alicyclic amines) is 1. The van der Waals surface area contributed by atoms with Crippen LogP contribution in [0.4, 0.5) is 5.69 Å². The van der Waals surface area contributed by atoms with Crippen LogP contribution in [0.3, 0.4) is 0 Å². The van der Waals surface area contributed by atoms with Crippen LogP contribution in [0.1, 0.15) is 49.3 Å². The van der Waals surface area contributed by atoms with Gasteiger partial charge in [0, 0.05) is 19.3 Å². The van der Waals surface area contributed by atoms with Crippen molar-refractivity contribution in [3.63, 3.8) is 0 Å². The zero-order valence-corrected chi connectivity index (χ0v) is 17.1. The van der Waals surface area contributed by atoms with E-state index in [0.717, 1.165) is 57.4 Å². The minimum atomic E-state index is -0.320. The standard InChI is InChI=1S/C25H30N2O/c1-24(20-10-4-3-5-11-20)14-16-27(17-15-24)18-25-13-7-9-19-8-6-12-21(22(19)25)26(2)23(25)28/h3-6,8,10-12H,7,9,13-18H2,1-2H3. The first-order chi connectivity index (χ1) is 13.5. The molecular formula is C25H30N2O. The highest BCUT2D eigenvalue weighted by Crippen LogP contribution is 2.50. The normalized spacial score (nSPS) is 26.4. The van der Waals surface area contributed by atoms with Crippen molar-refractivity contribution in [2.24, 2.45) is 0 Å². The molecule has 0 radical (unpaired) electrons. The Morgan fingerprint density at radius 1 is 0.964 bits per heavy atom. The molecule has 2 aromatic rings. The second kappa shape index (κ2) is 6.45. The van der Waals surface area contributed by atoms with Crippen molar-refractivity contribution in [2.75, 3.05) is 31.6 Å². The molecule has 3 nitrogen and oxygen atoms in total. The van der Waals surface area contributed by atoms with Crippen molar-refractivity contribution in [3.05, 3.63) is 65.2 Å². The molecule has 146 valence electrons. The Hall–Kier alpha value is -2.13. The highest BCUT2D eigenvalue weighted by molar-refractivity contribution is 6.08. The fourth-order valence-electron chi connectivity index (χ4n) is 5.92. The second-order valence-electron chi connectivity index (χ2n) is 9.31. The number of nitrogens with zero attached hydrogens (tertiary/aromatic N) is 2. The minimum Gasteiger partial charge on any atom is -0.314 e. The first kappa shape index (κ1) is 17.9. The number of benzene rings is 2. The number of hydrogen-bond acceptors (Lipinski definition) is 2. The molecular weight excluding hydrogens is 344 g/mol. The summed E-state index contributed by atoms with van der Waals surface area (Å²) in [5.74, 6) is 0.311. The molecule has 0 aromatic heterocycles. The van der Waals surface area contributed by atoms with E-state index in [0.29, 0.717) is 5.91 Å². The molecule has 1 atom stereocenters. The van der Waals surface area contributed by atoms with Crippen LogP contribution in [0, 0.1) is 0 Å². The lowest BCUT2D eigenvalue weighted by Gasteiger charge is -2.44. The molecule has 0 saturated carbocycles. The van der Waals surface area contributed by atoms with Crippen LogP contribution in [-0.4, -0.2) is 37.5 Å². The molecule has 2 aromatic carbocycles. The third-order valence-electron chi connectivity index (χ3n) is 7.66. The fourth-order valence-corrected chi connectivity index (χ4v) is 5.92. The molecule has 3 heteroatoms.